The highest BCUT2D eigenvalue weighted by atomic mass is 16.5. The topological polar surface area (TPSA) is 70.3 Å². The van der Waals surface area contributed by atoms with Crippen LogP contribution in [0, 0.1) is 6.92 Å². The first-order valence-electron chi connectivity index (χ1n) is 4.78. The zero-order valence-corrected chi connectivity index (χ0v) is 9.36. The summed E-state index contributed by atoms with van der Waals surface area (Å²) in [5, 5.41) is 0. The molecule has 1 heterocycles. The molecule has 1 unspecified atom stereocenters. The number of aromatic nitrogens is 2. The van der Waals surface area contributed by atoms with Gasteiger partial charge in [-0.2, -0.15) is 4.98 Å². The first-order valence-corrected chi connectivity index (χ1v) is 4.78. The molecule has 1 aromatic heterocycles. The Kier molecular flexibility index (Phi) is 4.45. The Hall–Kier alpha value is -1.20. The van der Waals surface area contributed by atoms with E-state index in [2.05, 4.69) is 9.97 Å². The second kappa shape index (κ2) is 5.63. The summed E-state index contributed by atoms with van der Waals surface area (Å²) >= 11 is 0. The minimum absolute atomic E-state index is 0.0472. The smallest absolute Gasteiger partial charge is 0.216 e. The SMILES string of the molecule is COCC(N)Cc1cc(OC)nc(C)n1. The van der Waals surface area contributed by atoms with E-state index in [0.29, 0.717) is 24.7 Å². The molecule has 0 aliphatic carbocycles. The number of nitrogens with two attached hydrogens (primary N) is 1. The Morgan fingerprint density at radius 2 is 2.13 bits per heavy atom. The number of rotatable bonds is 5. The molecule has 1 aromatic rings. The number of aryl methyl sites for hydroxylation is 1. The molecule has 84 valence electrons. The largest absolute Gasteiger partial charge is 0.481 e. The summed E-state index contributed by atoms with van der Waals surface area (Å²) in [6, 6.07) is 1.75. The van der Waals surface area contributed by atoms with Crippen LogP contribution in [-0.4, -0.2) is 36.8 Å². The normalized spacial score (nSPS) is 12.5. The second-order valence-corrected chi connectivity index (χ2v) is 3.37. The molecule has 1 atom stereocenters. The molecule has 2 N–H and O–H groups in total. The number of hydrogen-bond acceptors (Lipinski definition) is 5. The summed E-state index contributed by atoms with van der Waals surface area (Å²) in [7, 11) is 3.21. The van der Waals surface area contributed by atoms with Crippen LogP contribution in [0.1, 0.15) is 11.5 Å². The summed E-state index contributed by atoms with van der Waals surface area (Å²) in [5.74, 6) is 1.26. The van der Waals surface area contributed by atoms with Crippen molar-refractivity contribution in [3.8, 4) is 5.88 Å². The van der Waals surface area contributed by atoms with Crippen molar-refractivity contribution in [2.24, 2.45) is 5.73 Å². The van der Waals surface area contributed by atoms with E-state index in [1.807, 2.05) is 6.92 Å². The number of nitrogens with zero attached hydrogens (tertiary/aromatic N) is 2. The fourth-order valence-corrected chi connectivity index (χ4v) is 1.35. The highest BCUT2D eigenvalue weighted by Gasteiger charge is 2.07. The fraction of sp³-hybridized carbons (Fsp3) is 0.600. The van der Waals surface area contributed by atoms with Gasteiger partial charge in [0.1, 0.15) is 5.82 Å². The molecule has 0 radical (unpaired) electrons. The molecule has 0 spiro atoms. The molecule has 0 amide bonds. The van der Waals surface area contributed by atoms with Crippen LogP contribution in [0.3, 0.4) is 0 Å². The number of ether oxygens (including phenoxy) is 2. The van der Waals surface area contributed by atoms with E-state index in [1.54, 1.807) is 20.3 Å². The van der Waals surface area contributed by atoms with Gasteiger partial charge in [0, 0.05) is 31.3 Å². The Balaban J connectivity index is 2.71. The zero-order valence-electron chi connectivity index (χ0n) is 9.36. The summed E-state index contributed by atoms with van der Waals surface area (Å²) in [6.45, 7) is 2.35. The first kappa shape index (κ1) is 11.9. The second-order valence-electron chi connectivity index (χ2n) is 3.37. The molecule has 0 saturated heterocycles. The lowest BCUT2D eigenvalue weighted by Gasteiger charge is -2.10. The van der Waals surface area contributed by atoms with Gasteiger partial charge < -0.3 is 15.2 Å². The predicted molar refractivity (Wildman–Crippen MR) is 56.9 cm³/mol. The third-order valence-electron chi connectivity index (χ3n) is 1.93. The van der Waals surface area contributed by atoms with E-state index < -0.39 is 0 Å². The van der Waals surface area contributed by atoms with Gasteiger partial charge in [-0.25, -0.2) is 4.98 Å². The van der Waals surface area contributed by atoms with Crippen molar-refractivity contribution in [1.29, 1.82) is 0 Å². The highest BCUT2D eigenvalue weighted by molar-refractivity contribution is 5.16. The zero-order chi connectivity index (χ0) is 11.3. The summed E-state index contributed by atoms with van der Waals surface area (Å²) < 4.78 is 10.0. The Morgan fingerprint density at radius 3 is 2.73 bits per heavy atom. The van der Waals surface area contributed by atoms with Crippen LogP contribution in [0.15, 0.2) is 6.07 Å². The molecule has 0 aliphatic heterocycles. The van der Waals surface area contributed by atoms with Crippen molar-refractivity contribution in [2.45, 2.75) is 19.4 Å². The van der Waals surface area contributed by atoms with Gasteiger partial charge >= 0.3 is 0 Å². The van der Waals surface area contributed by atoms with E-state index in [9.17, 15) is 0 Å². The molecular weight excluding hydrogens is 194 g/mol. The monoisotopic (exact) mass is 211 g/mol. The lowest BCUT2D eigenvalue weighted by atomic mass is 10.2. The molecule has 0 fully saturated rings. The van der Waals surface area contributed by atoms with Crippen LogP contribution in [0.4, 0.5) is 0 Å². The average molecular weight is 211 g/mol. The molecule has 5 heteroatoms. The molecule has 5 nitrogen and oxygen atoms in total. The van der Waals surface area contributed by atoms with Crippen LogP contribution in [0.5, 0.6) is 5.88 Å². The molecule has 0 aliphatic rings. The number of hydrogen-bond donors (Lipinski definition) is 1. The van der Waals surface area contributed by atoms with E-state index in [-0.39, 0.29) is 6.04 Å². The van der Waals surface area contributed by atoms with Crippen LogP contribution in [0.2, 0.25) is 0 Å². The van der Waals surface area contributed by atoms with Crippen molar-refractivity contribution in [3.05, 3.63) is 17.6 Å². The van der Waals surface area contributed by atoms with Gasteiger partial charge in [0.15, 0.2) is 0 Å². The minimum atomic E-state index is -0.0472. The predicted octanol–water partition coefficient (Wildman–Crippen LogP) is 0.310. The maximum atomic E-state index is 5.83. The van der Waals surface area contributed by atoms with Crippen molar-refractivity contribution < 1.29 is 9.47 Å². The van der Waals surface area contributed by atoms with E-state index >= 15 is 0 Å². The van der Waals surface area contributed by atoms with Crippen LogP contribution >= 0.6 is 0 Å². The van der Waals surface area contributed by atoms with E-state index in [4.69, 9.17) is 15.2 Å². The van der Waals surface area contributed by atoms with Crippen molar-refractivity contribution >= 4 is 0 Å². The standard InChI is InChI=1S/C10H17N3O2/c1-7-12-9(4-8(11)6-14-2)5-10(13-7)15-3/h5,8H,4,6,11H2,1-3H3. The van der Waals surface area contributed by atoms with Gasteiger partial charge in [0.2, 0.25) is 5.88 Å². The van der Waals surface area contributed by atoms with E-state index in [0.717, 1.165) is 5.69 Å². The fourth-order valence-electron chi connectivity index (χ4n) is 1.35. The van der Waals surface area contributed by atoms with Gasteiger partial charge in [0.05, 0.1) is 13.7 Å². The van der Waals surface area contributed by atoms with Crippen LogP contribution in [-0.2, 0) is 11.2 Å². The van der Waals surface area contributed by atoms with Crippen LogP contribution in [0.25, 0.3) is 0 Å². The molecule has 1 rings (SSSR count). The maximum absolute atomic E-state index is 5.83. The average Bonchev–Trinajstić information content (AvgIpc) is 2.17. The van der Waals surface area contributed by atoms with Crippen molar-refractivity contribution in [3.63, 3.8) is 0 Å². The third-order valence-corrected chi connectivity index (χ3v) is 1.93. The van der Waals surface area contributed by atoms with Gasteiger partial charge in [-0.3, -0.25) is 0 Å². The summed E-state index contributed by atoms with van der Waals surface area (Å²) in [6.07, 6.45) is 0.660. The molecule has 0 bridgehead atoms. The van der Waals surface area contributed by atoms with Crippen LogP contribution < -0.4 is 10.5 Å². The quantitative estimate of drug-likeness (QED) is 0.759. The lowest BCUT2D eigenvalue weighted by molar-refractivity contribution is 0.179. The Morgan fingerprint density at radius 1 is 1.40 bits per heavy atom. The highest BCUT2D eigenvalue weighted by Crippen LogP contribution is 2.09. The van der Waals surface area contributed by atoms with Crippen molar-refractivity contribution in [2.75, 3.05) is 20.8 Å². The third kappa shape index (κ3) is 3.81. The lowest BCUT2D eigenvalue weighted by Crippen LogP contribution is -2.28. The molecule has 0 aromatic carbocycles. The van der Waals surface area contributed by atoms with E-state index in [1.165, 1.54) is 0 Å². The minimum Gasteiger partial charge on any atom is -0.481 e. The van der Waals surface area contributed by atoms with Gasteiger partial charge in [0.25, 0.3) is 0 Å². The van der Waals surface area contributed by atoms with Gasteiger partial charge in [-0.1, -0.05) is 0 Å². The number of methoxy groups -OCH3 is 2. The summed E-state index contributed by atoms with van der Waals surface area (Å²) in [5.41, 5.74) is 6.71. The van der Waals surface area contributed by atoms with Gasteiger partial charge in [-0.05, 0) is 6.92 Å². The molecule has 15 heavy (non-hydrogen) atoms. The van der Waals surface area contributed by atoms with Crippen molar-refractivity contribution in [1.82, 2.24) is 9.97 Å². The van der Waals surface area contributed by atoms with Gasteiger partial charge in [-0.15, -0.1) is 0 Å². The first-order chi connectivity index (χ1) is 7.15. The maximum Gasteiger partial charge on any atom is 0.216 e. The Labute approximate surface area is 89.6 Å². The summed E-state index contributed by atoms with van der Waals surface area (Å²) in [4.78, 5) is 8.38. The molecular formula is C10H17N3O2. The molecule has 0 saturated carbocycles. The Bertz CT molecular complexity index is 318.